The molecule has 3 nitrogen and oxygen atoms in total. The largest absolute Gasteiger partial charge is 0.357 e. The summed E-state index contributed by atoms with van der Waals surface area (Å²) in [6.07, 6.45) is 2.27. The van der Waals surface area contributed by atoms with Crippen LogP contribution in [0.15, 0.2) is 12.1 Å². The highest BCUT2D eigenvalue weighted by Gasteiger charge is 2.14. The van der Waals surface area contributed by atoms with Crippen molar-refractivity contribution in [2.24, 2.45) is 5.92 Å². The Morgan fingerprint density at radius 1 is 1.30 bits per heavy atom. The highest BCUT2D eigenvalue weighted by atomic mass is 35.5. The molecule has 0 saturated carbocycles. The van der Waals surface area contributed by atoms with E-state index >= 15 is 0 Å². The quantitative estimate of drug-likeness (QED) is 0.732. The van der Waals surface area contributed by atoms with Crippen LogP contribution in [0.4, 0.5) is 5.82 Å². The van der Waals surface area contributed by atoms with E-state index in [9.17, 15) is 0 Å². The van der Waals surface area contributed by atoms with Gasteiger partial charge in [0, 0.05) is 19.6 Å². The number of pyridine rings is 1. The monoisotopic (exact) mass is 297 g/mol. The molecule has 1 heterocycles. The van der Waals surface area contributed by atoms with Crippen LogP contribution >= 0.6 is 11.6 Å². The van der Waals surface area contributed by atoms with E-state index < -0.39 is 0 Å². The SMILES string of the molecule is CCCNCc1nc(N(C)C(C)CC(C)C)ccc1Cl. The van der Waals surface area contributed by atoms with Gasteiger partial charge in [0.1, 0.15) is 5.82 Å². The van der Waals surface area contributed by atoms with E-state index in [0.29, 0.717) is 12.0 Å². The third kappa shape index (κ3) is 5.29. The van der Waals surface area contributed by atoms with Crippen molar-refractivity contribution in [2.75, 3.05) is 18.5 Å². The molecule has 0 saturated heterocycles. The molecule has 1 atom stereocenters. The molecule has 0 aliphatic heterocycles. The Morgan fingerprint density at radius 3 is 2.60 bits per heavy atom. The Bertz CT molecular complexity index is 407. The van der Waals surface area contributed by atoms with Crippen molar-refractivity contribution < 1.29 is 0 Å². The first-order valence-electron chi connectivity index (χ1n) is 7.54. The van der Waals surface area contributed by atoms with E-state index in [0.717, 1.165) is 42.5 Å². The van der Waals surface area contributed by atoms with E-state index in [1.54, 1.807) is 0 Å². The molecule has 1 aromatic heterocycles. The number of aromatic nitrogens is 1. The molecule has 0 aliphatic rings. The molecule has 0 amide bonds. The van der Waals surface area contributed by atoms with Crippen LogP contribution in [0, 0.1) is 5.92 Å². The normalized spacial score (nSPS) is 12.8. The van der Waals surface area contributed by atoms with Crippen LogP contribution in [0.5, 0.6) is 0 Å². The summed E-state index contributed by atoms with van der Waals surface area (Å²) in [5.41, 5.74) is 0.932. The summed E-state index contributed by atoms with van der Waals surface area (Å²) in [5, 5.41) is 4.09. The van der Waals surface area contributed by atoms with Crippen LogP contribution in [-0.2, 0) is 6.54 Å². The first-order chi connectivity index (χ1) is 9.45. The number of nitrogens with one attached hydrogen (secondary N) is 1. The summed E-state index contributed by atoms with van der Waals surface area (Å²) in [4.78, 5) is 6.94. The number of hydrogen-bond acceptors (Lipinski definition) is 3. The van der Waals surface area contributed by atoms with E-state index in [2.05, 4.69) is 45.0 Å². The Labute approximate surface area is 128 Å². The lowest BCUT2D eigenvalue weighted by molar-refractivity contribution is 0.501. The fourth-order valence-corrected chi connectivity index (χ4v) is 2.42. The lowest BCUT2D eigenvalue weighted by Crippen LogP contribution is -2.31. The smallest absolute Gasteiger partial charge is 0.128 e. The van der Waals surface area contributed by atoms with Crippen molar-refractivity contribution in [1.82, 2.24) is 10.3 Å². The molecule has 0 bridgehead atoms. The Balaban J connectivity index is 2.77. The highest BCUT2D eigenvalue weighted by molar-refractivity contribution is 6.31. The molecular formula is C16H28ClN3. The molecular weight excluding hydrogens is 270 g/mol. The maximum atomic E-state index is 6.22. The van der Waals surface area contributed by atoms with Gasteiger partial charge in [0.15, 0.2) is 0 Å². The minimum Gasteiger partial charge on any atom is -0.357 e. The molecule has 114 valence electrons. The summed E-state index contributed by atoms with van der Waals surface area (Å²) >= 11 is 6.22. The second kappa shape index (κ2) is 8.48. The Morgan fingerprint density at radius 2 is 2.00 bits per heavy atom. The Kier molecular flexibility index (Phi) is 7.31. The van der Waals surface area contributed by atoms with Gasteiger partial charge in [0.25, 0.3) is 0 Å². The van der Waals surface area contributed by atoms with Gasteiger partial charge < -0.3 is 10.2 Å². The first kappa shape index (κ1) is 17.3. The lowest BCUT2D eigenvalue weighted by Gasteiger charge is -2.27. The summed E-state index contributed by atoms with van der Waals surface area (Å²) in [7, 11) is 2.10. The van der Waals surface area contributed by atoms with Gasteiger partial charge in [-0.3, -0.25) is 0 Å². The predicted molar refractivity (Wildman–Crippen MR) is 88.6 cm³/mol. The summed E-state index contributed by atoms with van der Waals surface area (Å²) < 4.78 is 0. The summed E-state index contributed by atoms with van der Waals surface area (Å²) in [5.74, 6) is 1.68. The first-order valence-corrected chi connectivity index (χ1v) is 7.92. The standard InChI is InChI=1S/C16H28ClN3/c1-6-9-18-11-15-14(17)7-8-16(19-15)20(5)13(4)10-12(2)3/h7-8,12-13,18H,6,9-11H2,1-5H3. The fraction of sp³-hybridized carbons (Fsp3) is 0.688. The van der Waals surface area contributed by atoms with Gasteiger partial charge in [0.2, 0.25) is 0 Å². The zero-order chi connectivity index (χ0) is 15.1. The number of rotatable bonds is 8. The average Bonchev–Trinajstić information content (AvgIpc) is 2.39. The van der Waals surface area contributed by atoms with Gasteiger partial charge in [0.05, 0.1) is 10.7 Å². The van der Waals surface area contributed by atoms with Gasteiger partial charge in [-0.1, -0.05) is 32.4 Å². The van der Waals surface area contributed by atoms with Crippen molar-refractivity contribution in [3.05, 3.63) is 22.8 Å². The molecule has 0 aromatic carbocycles. The average molecular weight is 298 g/mol. The minimum absolute atomic E-state index is 0.472. The van der Waals surface area contributed by atoms with E-state index in [1.807, 2.05) is 12.1 Å². The van der Waals surface area contributed by atoms with Crippen LogP contribution < -0.4 is 10.2 Å². The Hall–Kier alpha value is -0.800. The second-order valence-electron chi connectivity index (χ2n) is 5.86. The molecule has 20 heavy (non-hydrogen) atoms. The summed E-state index contributed by atoms with van der Waals surface area (Å²) in [6.45, 7) is 10.6. The third-order valence-electron chi connectivity index (χ3n) is 3.46. The summed E-state index contributed by atoms with van der Waals surface area (Å²) in [6, 6.07) is 4.42. The fourth-order valence-electron chi connectivity index (χ4n) is 2.24. The maximum Gasteiger partial charge on any atom is 0.128 e. The van der Waals surface area contributed by atoms with E-state index in [4.69, 9.17) is 16.6 Å². The predicted octanol–water partition coefficient (Wildman–Crippen LogP) is 4.11. The van der Waals surface area contributed by atoms with Crippen LogP contribution in [0.2, 0.25) is 5.02 Å². The topological polar surface area (TPSA) is 28.2 Å². The molecule has 0 spiro atoms. The minimum atomic E-state index is 0.472. The molecule has 4 heteroatoms. The van der Waals surface area contributed by atoms with Crippen LogP contribution in [0.25, 0.3) is 0 Å². The zero-order valence-electron chi connectivity index (χ0n) is 13.4. The molecule has 0 fully saturated rings. The van der Waals surface area contributed by atoms with Crippen molar-refractivity contribution in [3.63, 3.8) is 0 Å². The van der Waals surface area contributed by atoms with E-state index in [1.165, 1.54) is 0 Å². The van der Waals surface area contributed by atoms with Crippen molar-refractivity contribution in [1.29, 1.82) is 0 Å². The van der Waals surface area contributed by atoms with Gasteiger partial charge in [-0.05, 0) is 44.4 Å². The number of anilines is 1. The zero-order valence-corrected chi connectivity index (χ0v) is 14.2. The third-order valence-corrected chi connectivity index (χ3v) is 3.80. The number of hydrogen-bond donors (Lipinski definition) is 1. The molecule has 0 aliphatic carbocycles. The van der Waals surface area contributed by atoms with Crippen LogP contribution in [-0.4, -0.2) is 24.6 Å². The van der Waals surface area contributed by atoms with Crippen LogP contribution in [0.1, 0.15) is 46.2 Å². The number of halogens is 1. The van der Waals surface area contributed by atoms with Crippen molar-refractivity contribution in [2.45, 2.75) is 53.1 Å². The van der Waals surface area contributed by atoms with E-state index in [-0.39, 0.29) is 0 Å². The van der Waals surface area contributed by atoms with Gasteiger partial charge in [-0.15, -0.1) is 0 Å². The van der Waals surface area contributed by atoms with Gasteiger partial charge >= 0.3 is 0 Å². The number of nitrogens with zero attached hydrogens (tertiary/aromatic N) is 2. The highest BCUT2D eigenvalue weighted by Crippen LogP contribution is 2.21. The molecule has 1 N–H and O–H groups in total. The van der Waals surface area contributed by atoms with Crippen molar-refractivity contribution in [3.8, 4) is 0 Å². The molecule has 1 aromatic rings. The maximum absolute atomic E-state index is 6.22. The molecule has 0 radical (unpaired) electrons. The molecule has 1 unspecified atom stereocenters. The van der Waals surface area contributed by atoms with Crippen LogP contribution in [0.3, 0.4) is 0 Å². The van der Waals surface area contributed by atoms with Gasteiger partial charge in [-0.25, -0.2) is 4.98 Å². The lowest BCUT2D eigenvalue weighted by atomic mass is 10.0. The van der Waals surface area contributed by atoms with Gasteiger partial charge in [-0.2, -0.15) is 0 Å². The second-order valence-corrected chi connectivity index (χ2v) is 6.27. The van der Waals surface area contributed by atoms with Crippen molar-refractivity contribution >= 4 is 17.4 Å². The molecule has 1 rings (SSSR count).